The van der Waals surface area contributed by atoms with E-state index in [0.29, 0.717) is 36.4 Å². The van der Waals surface area contributed by atoms with Crippen molar-refractivity contribution in [3.05, 3.63) is 59.4 Å². The number of piperidine rings is 1. The molecular weight excluding hydrogens is 383 g/mol. The van der Waals surface area contributed by atoms with Gasteiger partial charge < -0.3 is 15.0 Å². The molecule has 5 nitrogen and oxygen atoms in total. The van der Waals surface area contributed by atoms with Gasteiger partial charge in [0, 0.05) is 24.2 Å². The van der Waals surface area contributed by atoms with E-state index >= 15 is 0 Å². The molecule has 30 heavy (non-hydrogen) atoms. The van der Waals surface area contributed by atoms with Gasteiger partial charge in [-0.2, -0.15) is 0 Å². The van der Waals surface area contributed by atoms with E-state index in [4.69, 9.17) is 4.74 Å². The van der Waals surface area contributed by atoms with E-state index in [9.17, 15) is 14.0 Å². The molecule has 0 aromatic heterocycles. The van der Waals surface area contributed by atoms with Crippen LogP contribution in [0.1, 0.15) is 42.9 Å². The van der Waals surface area contributed by atoms with Crippen molar-refractivity contribution in [2.24, 2.45) is 11.8 Å². The lowest BCUT2D eigenvalue weighted by Crippen LogP contribution is -2.46. The minimum absolute atomic E-state index is 0.0641. The van der Waals surface area contributed by atoms with Crippen LogP contribution in [0.25, 0.3) is 0 Å². The number of hydrogen-bond acceptors (Lipinski definition) is 3. The summed E-state index contributed by atoms with van der Waals surface area (Å²) < 4.78 is 19.0. The first-order valence-corrected chi connectivity index (χ1v) is 10.5. The maximum Gasteiger partial charge on any atom is 0.229 e. The van der Waals surface area contributed by atoms with Crippen LogP contribution in [0, 0.1) is 24.6 Å². The van der Waals surface area contributed by atoms with Crippen molar-refractivity contribution in [2.45, 2.75) is 38.6 Å². The summed E-state index contributed by atoms with van der Waals surface area (Å²) in [7, 11) is 1.58. The molecule has 2 aromatic carbocycles. The quantitative estimate of drug-likeness (QED) is 0.791. The zero-order valence-corrected chi connectivity index (χ0v) is 17.4. The number of nitrogens with zero attached hydrogens (tertiary/aromatic N) is 1. The number of benzene rings is 2. The van der Waals surface area contributed by atoms with E-state index < -0.39 is 0 Å². The maximum atomic E-state index is 13.7. The molecule has 2 atom stereocenters. The molecule has 0 spiro atoms. The van der Waals surface area contributed by atoms with E-state index in [2.05, 4.69) is 5.32 Å². The van der Waals surface area contributed by atoms with Gasteiger partial charge in [0.15, 0.2) is 0 Å². The van der Waals surface area contributed by atoms with E-state index in [1.54, 1.807) is 26.2 Å². The number of likely N-dealkylation sites (tertiary alicyclic amines) is 1. The molecule has 0 radical (unpaired) electrons. The number of carbonyl (C=O) groups is 2. The number of hydrogen-bond donors (Lipinski definition) is 1. The van der Waals surface area contributed by atoms with Crippen molar-refractivity contribution in [1.29, 1.82) is 0 Å². The van der Waals surface area contributed by atoms with Crippen LogP contribution in [-0.4, -0.2) is 30.4 Å². The number of halogens is 1. The molecule has 1 heterocycles. The Balaban J connectivity index is 1.51. The fraction of sp³-hybridized carbons (Fsp3) is 0.417. The molecule has 0 bridgehead atoms. The van der Waals surface area contributed by atoms with Crippen molar-refractivity contribution in [3.8, 4) is 5.75 Å². The number of aryl methyl sites for hydroxylation is 1. The Kier molecular flexibility index (Phi) is 5.75. The molecular formula is C24H27FN2O3. The monoisotopic (exact) mass is 410 g/mol. The molecule has 158 valence electrons. The minimum atomic E-state index is -0.281. The largest absolute Gasteiger partial charge is 0.497 e. The molecule has 1 aliphatic carbocycles. The molecule has 2 aromatic rings. The molecule has 2 aliphatic rings. The Hall–Kier alpha value is -2.89. The predicted molar refractivity (Wildman–Crippen MR) is 113 cm³/mol. The highest BCUT2D eigenvalue weighted by Crippen LogP contribution is 2.40. The number of amides is 2. The number of ether oxygens (including phenoxy) is 1. The number of methoxy groups -OCH3 is 1. The lowest BCUT2D eigenvalue weighted by atomic mass is 9.87. The van der Waals surface area contributed by atoms with E-state index in [1.807, 2.05) is 29.2 Å². The van der Waals surface area contributed by atoms with Gasteiger partial charge in [-0.25, -0.2) is 4.39 Å². The second-order valence-corrected chi connectivity index (χ2v) is 8.28. The van der Waals surface area contributed by atoms with Crippen LogP contribution in [0.5, 0.6) is 5.75 Å². The van der Waals surface area contributed by atoms with E-state index in [1.165, 1.54) is 6.07 Å². The minimum Gasteiger partial charge on any atom is -0.497 e. The topological polar surface area (TPSA) is 58.6 Å². The standard InChI is InChI=1S/C24H27FN2O3/c1-15-12-17(8-10-21(15)25)22-11-9-18(14-27(22)24(29)16-6-7-16)23(28)26-19-4-3-5-20(13-19)30-2/h3-5,8,10,12-13,16,18,22H,6-7,9,11,14H2,1-2H3,(H,26,28)/t18-,22+/m0/s1. The number of anilines is 1. The van der Waals surface area contributed by atoms with Crippen molar-refractivity contribution in [1.82, 2.24) is 4.90 Å². The zero-order valence-electron chi connectivity index (χ0n) is 17.4. The van der Waals surface area contributed by atoms with Crippen LogP contribution >= 0.6 is 0 Å². The van der Waals surface area contributed by atoms with Gasteiger partial charge in [0.05, 0.1) is 19.1 Å². The fourth-order valence-electron chi connectivity index (χ4n) is 4.16. The Morgan fingerprint density at radius 2 is 1.83 bits per heavy atom. The van der Waals surface area contributed by atoms with Gasteiger partial charge in [0.25, 0.3) is 0 Å². The summed E-state index contributed by atoms with van der Waals surface area (Å²) in [4.78, 5) is 27.8. The van der Waals surface area contributed by atoms with Crippen molar-refractivity contribution in [2.75, 3.05) is 19.0 Å². The van der Waals surface area contributed by atoms with Gasteiger partial charge in [-0.15, -0.1) is 0 Å². The van der Waals surface area contributed by atoms with Crippen LogP contribution in [0.4, 0.5) is 10.1 Å². The molecule has 1 N–H and O–H groups in total. The summed E-state index contributed by atoms with van der Waals surface area (Å²) in [5.74, 6) is 0.233. The predicted octanol–water partition coefficient (Wildman–Crippen LogP) is 4.47. The first-order chi connectivity index (χ1) is 14.5. The smallest absolute Gasteiger partial charge is 0.229 e. The van der Waals surface area contributed by atoms with Crippen LogP contribution in [0.3, 0.4) is 0 Å². The highest BCUT2D eigenvalue weighted by Gasteiger charge is 2.41. The molecule has 2 amide bonds. The average Bonchev–Trinajstić information content (AvgIpc) is 3.60. The Labute approximate surface area is 176 Å². The SMILES string of the molecule is COc1cccc(NC(=O)[C@H]2CC[C@H](c3ccc(F)c(C)c3)N(C(=O)C3CC3)C2)c1. The van der Waals surface area contributed by atoms with Gasteiger partial charge in [-0.1, -0.05) is 18.2 Å². The first-order valence-electron chi connectivity index (χ1n) is 10.5. The summed E-state index contributed by atoms with van der Waals surface area (Å²) in [6.07, 6.45) is 3.17. The van der Waals surface area contributed by atoms with Crippen LogP contribution < -0.4 is 10.1 Å². The van der Waals surface area contributed by atoms with Gasteiger partial charge in [-0.3, -0.25) is 9.59 Å². The first kappa shape index (κ1) is 20.4. The summed E-state index contributed by atoms with van der Waals surface area (Å²) in [6.45, 7) is 2.12. The fourth-order valence-corrected chi connectivity index (χ4v) is 4.16. The highest BCUT2D eigenvalue weighted by atomic mass is 19.1. The van der Waals surface area contributed by atoms with E-state index in [0.717, 1.165) is 18.4 Å². The molecule has 4 rings (SSSR count). The average molecular weight is 410 g/mol. The summed E-state index contributed by atoms with van der Waals surface area (Å²) in [5.41, 5.74) is 2.19. The second kappa shape index (κ2) is 8.46. The van der Waals surface area contributed by atoms with Crippen LogP contribution in [0.2, 0.25) is 0 Å². The van der Waals surface area contributed by atoms with Crippen LogP contribution in [0.15, 0.2) is 42.5 Å². The number of rotatable bonds is 5. The van der Waals surface area contributed by atoms with Gasteiger partial charge in [0.2, 0.25) is 11.8 Å². The van der Waals surface area contributed by atoms with Gasteiger partial charge in [0.1, 0.15) is 11.6 Å². The third-order valence-corrected chi connectivity index (χ3v) is 6.07. The molecule has 2 fully saturated rings. The van der Waals surface area contributed by atoms with Crippen LogP contribution in [-0.2, 0) is 9.59 Å². The van der Waals surface area contributed by atoms with Crippen molar-refractivity contribution >= 4 is 17.5 Å². The Bertz CT molecular complexity index is 957. The maximum absolute atomic E-state index is 13.7. The second-order valence-electron chi connectivity index (χ2n) is 8.28. The number of carbonyl (C=O) groups excluding carboxylic acids is 2. The van der Waals surface area contributed by atoms with Gasteiger partial charge in [-0.05, 0) is 61.9 Å². The summed E-state index contributed by atoms with van der Waals surface area (Å²) in [6, 6.07) is 12.2. The normalized spacial score (nSPS) is 21.2. The van der Waals surface area contributed by atoms with E-state index in [-0.39, 0.29) is 35.5 Å². The third kappa shape index (κ3) is 4.32. The lowest BCUT2D eigenvalue weighted by Gasteiger charge is -2.40. The molecule has 1 aliphatic heterocycles. The molecule has 1 saturated carbocycles. The van der Waals surface area contributed by atoms with Gasteiger partial charge >= 0.3 is 0 Å². The molecule has 1 saturated heterocycles. The van der Waals surface area contributed by atoms with Crippen molar-refractivity contribution < 1.29 is 18.7 Å². The molecule has 0 unspecified atom stereocenters. The zero-order chi connectivity index (χ0) is 21.3. The Morgan fingerprint density at radius 1 is 1.07 bits per heavy atom. The van der Waals surface area contributed by atoms with Crippen molar-refractivity contribution in [3.63, 3.8) is 0 Å². The highest BCUT2D eigenvalue weighted by molar-refractivity contribution is 5.93. The summed E-state index contributed by atoms with van der Waals surface area (Å²) >= 11 is 0. The lowest BCUT2D eigenvalue weighted by molar-refractivity contribution is -0.139. The summed E-state index contributed by atoms with van der Waals surface area (Å²) in [5, 5.41) is 2.96. The molecule has 6 heteroatoms. The third-order valence-electron chi connectivity index (χ3n) is 6.07. The Morgan fingerprint density at radius 3 is 2.53 bits per heavy atom. The number of nitrogens with one attached hydrogen (secondary N) is 1.